The molecule has 4 rings (SSSR count). The molecule has 0 amide bonds. The lowest BCUT2D eigenvalue weighted by atomic mass is 9.90. The lowest BCUT2D eigenvalue weighted by Gasteiger charge is -2.40. The van der Waals surface area contributed by atoms with Crippen molar-refractivity contribution in [2.45, 2.75) is 69.3 Å². The minimum atomic E-state index is -0.508. The second kappa shape index (κ2) is 9.87. The first-order valence-corrected chi connectivity index (χ1v) is 12.8. The van der Waals surface area contributed by atoms with Crippen molar-refractivity contribution in [3.63, 3.8) is 0 Å². The highest BCUT2D eigenvalue weighted by Gasteiger charge is 2.55. The predicted octanol–water partition coefficient (Wildman–Crippen LogP) is 7.70. The van der Waals surface area contributed by atoms with E-state index in [9.17, 15) is 0 Å². The largest absolute Gasteiger partial charge is 0.263 e. The Morgan fingerprint density at radius 1 is 0.867 bits per heavy atom. The quantitative estimate of drug-likeness (QED) is 0.206. The fourth-order valence-electron chi connectivity index (χ4n) is 5.04. The molecule has 0 N–H and O–H groups in total. The summed E-state index contributed by atoms with van der Waals surface area (Å²) in [5.41, 5.74) is 2.64. The number of hydrogen-bond acceptors (Lipinski definition) is 2. The average Bonchev–Trinajstić information content (AvgIpc) is 2.98. The Morgan fingerprint density at radius 2 is 1.30 bits per heavy atom. The number of fused-ring (bicyclic) bond motifs is 1. The van der Waals surface area contributed by atoms with Gasteiger partial charge in [-0.05, 0) is 55.2 Å². The number of halogens is 3. The van der Waals surface area contributed by atoms with Gasteiger partial charge >= 0.3 is 0 Å². The molecule has 2 nitrogen and oxygen atoms in total. The maximum Gasteiger partial charge on any atom is 0.156 e. The van der Waals surface area contributed by atoms with Gasteiger partial charge in [-0.3, -0.25) is 9.80 Å². The van der Waals surface area contributed by atoms with Crippen LogP contribution in [-0.2, 0) is 13.1 Å². The van der Waals surface area contributed by atoms with Gasteiger partial charge in [0.25, 0.3) is 0 Å². The fraction of sp³-hybridized carbons (Fsp3) is 0.440. The zero-order valence-electron chi connectivity index (χ0n) is 17.4. The van der Waals surface area contributed by atoms with Gasteiger partial charge in [-0.15, -0.1) is 0 Å². The van der Waals surface area contributed by atoms with Crippen LogP contribution in [0.1, 0.15) is 50.2 Å². The molecule has 2 atom stereocenters. The van der Waals surface area contributed by atoms with Gasteiger partial charge in [-0.1, -0.05) is 92.7 Å². The van der Waals surface area contributed by atoms with E-state index in [0.717, 1.165) is 28.5 Å². The Kier molecular flexibility index (Phi) is 7.42. The Bertz CT molecular complexity index is 802. The fourth-order valence-corrected chi connectivity index (χ4v) is 6.03. The molecule has 1 aliphatic carbocycles. The maximum absolute atomic E-state index is 7.60. The molecule has 0 unspecified atom stereocenters. The summed E-state index contributed by atoms with van der Waals surface area (Å²) in [7, 11) is 0. The van der Waals surface area contributed by atoms with Crippen molar-refractivity contribution in [2.75, 3.05) is 0 Å². The van der Waals surface area contributed by atoms with Crippen molar-refractivity contribution < 1.29 is 0 Å². The number of alkyl halides is 1. The first kappa shape index (κ1) is 22.5. The molecule has 1 saturated carbocycles. The van der Waals surface area contributed by atoms with E-state index in [1.165, 1.54) is 36.8 Å². The highest BCUT2D eigenvalue weighted by atomic mass is 79.9. The zero-order valence-corrected chi connectivity index (χ0v) is 21.3. The van der Waals surface area contributed by atoms with Crippen molar-refractivity contribution in [2.24, 2.45) is 0 Å². The van der Waals surface area contributed by atoms with Crippen LogP contribution in [0.4, 0.5) is 0 Å². The second-order valence-electron chi connectivity index (χ2n) is 8.42. The number of rotatable bonds is 6. The van der Waals surface area contributed by atoms with E-state index < -0.39 is 5.12 Å². The standard InChI is InChI=1S/C25H29Br2ClN2/c1-2-3-16-25(28)29(17-19-8-12-21(26)13-9-19)23-6-4-5-7-24(23)30(25)18-20-10-14-22(27)15-11-20/h2-3,8-15,23-24H,4-7,16-18H2,1H3/b3-2-/t23-,24-/m0/s1. The van der Waals surface area contributed by atoms with Crippen molar-refractivity contribution in [3.05, 3.63) is 80.8 Å². The van der Waals surface area contributed by atoms with Gasteiger partial charge in [0.1, 0.15) is 0 Å². The van der Waals surface area contributed by atoms with Gasteiger partial charge in [0.05, 0.1) is 0 Å². The van der Waals surface area contributed by atoms with E-state index >= 15 is 0 Å². The van der Waals surface area contributed by atoms with E-state index in [-0.39, 0.29) is 0 Å². The first-order chi connectivity index (χ1) is 14.5. The highest BCUT2D eigenvalue weighted by Crippen LogP contribution is 2.48. The summed E-state index contributed by atoms with van der Waals surface area (Å²) in [6.45, 7) is 3.85. The van der Waals surface area contributed by atoms with Gasteiger partial charge in [-0.2, -0.15) is 0 Å². The van der Waals surface area contributed by atoms with Crippen LogP contribution in [0.25, 0.3) is 0 Å². The van der Waals surface area contributed by atoms with Crippen molar-refractivity contribution >= 4 is 43.5 Å². The van der Waals surface area contributed by atoms with Crippen LogP contribution < -0.4 is 0 Å². The molecule has 0 bridgehead atoms. The molecule has 1 aliphatic heterocycles. The molecule has 5 heteroatoms. The number of nitrogens with zero attached hydrogens (tertiary/aromatic N) is 2. The van der Waals surface area contributed by atoms with Gasteiger partial charge in [-0.25, -0.2) is 0 Å². The predicted molar refractivity (Wildman–Crippen MR) is 133 cm³/mol. The van der Waals surface area contributed by atoms with E-state index in [4.69, 9.17) is 11.6 Å². The molecule has 2 aromatic carbocycles. The summed E-state index contributed by atoms with van der Waals surface area (Å²) >= 11 is 14.7. The van der Waals surface area contributed by atoms with Crippen molar-refractivity contribution in [1.82, 2.24) is 9.80 Å². The normalized spacial score (nSPS) is 24.4. The number of benzene rings is 2. The van der Waals surface area contributed by atoms with Crippen molar-refractivity contribution in [1.29, 1.82) is 0 Å². The van der Waals surface area contributed by atoms with E-state index in [0.29, 0.717) is 12.1 Å². The molecule has 2 fully saturated rings. The molecule has 0 aromatic heterocycles. The van der Waals surface area contributed by atoms with Crippen LogP contribution in [0.15, 0.2) is 69.6 Å². The minimum absolute atomic E-state index is 0.501. The number of allylic oxidation sites excluding steroid dienone is 1. The van der Waals surface area contributed by atoms with Gasteiger partial charge in [0.15, 0.2) is 5.12 Å². The first-order valence-electron chi connectivity index (χ1n) is 10.8. The average molecular weight is 553 g/mol. The summed E-state index contributed by atoms with van der Waals surface area (Å²) < 4.78 is 2.23. The molecular weight excluding hydrogens is 524 g/mol. The lowest BCUT2D eigenvalue weighted by Crippen LogP contribution is -2.49. The summed E-state index contributed by atoms with van der Waals surface area (Å²) in [6, 6.07) is 18.4. The van der Waals surface area contributed by atoms with Crippen LogP contribution in [0, 0.1) is 0 Å². The van der Waals surface area contributed by atoms with E-state index in [1.54, 1.807) is 0 Å². The summed E-state index contributed by atoms with van der Waals surface area (Å²) in [5.74, 6) is 0. The molecule has 160 valence electrons. The molecular formula is C25H29Br2ClN2. The Hall–Kier alpha value is -0.650. The third-order valence-corrected chi connectivity index (χ3v) is 8.17. The van der Waals surface area contributed by atoms with E-state index in [2.05, 4.69) is 109 Å². The third-order valence-electron chi connectivity index (χ3n) is 6.52. The maximum atomic E-state index is 7.60. The summed E-state index contributed by atoms with van der Waals surface area (Å²) in [5, 5.41) is -0.508. The van der Waals surface area contributed by atoms with Gasteiger partial charge < -0.3 is 0 Å². The monoisotopic (exact) mass is 550 g/mol. The molecule has 0 spiro atoms. The Morgan fingerprint density at radius 3 is 1.70 bits per heavy atom. The van der Waals surface area contributed by atoms with E-state index in [1.807, 2.05) is 0 Å². The molecule has 2 aromatic rings. The Labute approximate surface area is 202 Å². The van der Waals surface area contributed by atoms with Gasteiger partial charge in [0, 0.05) is 40.5 Å². The summed E-state index contributed by atoms with van der Waals surface area (Å²) in [4.78, 5) is 5.17. The highest BCUT2D eigenvalue weighted by molar-refractivity contribution is 9.10. The topological polar surface area (TPSA) is 6.48 Å². The van der Waals surface area contributed by atoms with Crippen LogP contribution in [0.5, 0.6) is 0 Å². The summed E-state index contributed by atoms with van der Waals surface area (Å²) in [6.07, 6.45) is 10.2. The van der Waals surface area contributed by atoms with Crippen LogP contribution in [-0.4, -0.2) is 27.0 Å². The Balaban J connectivity index is 1.69. The molecule has 30 heavy (non-hydrogen) atoms. The van der Waals surface area contributed by atoms with Crippen LogP contribution >= 0.6 is 43.5 Å². The second-order valence-corrected chi connectivity index (χ2v) is 10.9. The SMILES string of the molecule is C/C=C\CC1(Cl)N(Cc2ccc(Br)cc2)[C@H]2CCCC[C@@H]2N1Cc1ccc(Br)cc1. The van der Waals surface area contributed by atoms with Crippen LogP contribution in [0.2, 0.25) is 0 Å². The van der Waals surface area contributed by atoms with Crippen molar-refractivity contribution in [3.8, 4) is 0 Å². The van der Waals surface area contributed by atoms with Gasteiger partial charge in [0.2, 0.25) is 0 Å². The zero-order chi connectivity index (χ0) is 21.1. The van der Waals surface area contributed by atoms with Crippen LogP contribution in [0.3, 0.4) is 0 Å². The lowest BCUT2D eigenvalue weighted by molar-refractivity contribution is 0.0639. The number of hydrogen-bond donors (Lipinski definition) is 0. The third kappa shape index (κ3) is 4.73. The molecule has 1 heterocycles. The smallest absolute Gasteiger partial charge is 0.156 e. The minimum Gasteiger partial charge on any atom is -0.263 e. The molecule has 0 radical (unpaired) electrons. The molecule has 2 aliphatic rings. The molecule has 1 saturated heterocycles.